The number of nitrogens with one attached hydrogen (secondary N) is 1. The molecule has 1 aliphatic carbocycles. The lowest BCUT2D eigenvalue weighted by Crippen LogP contribution is -2.15. The molecular weight excluding hydrogens is 350 g/mol. The summed E-state index contributed by atoms with van der Waals surface area (Å²) in [5, 5.41) is 2.97. The zero-order valence-corrected chi connectivity index (χ0v) is 16.3. The fraction of sp³-hybridized carbons (Fsp3) is 0.261. The van der Waals surface area contributed by atoms with Gasteiger partial charge in [-0.25, -0.2) is 4.98 Å². The molecule has 1 saturated carbocycles. The van der Waals surface area contributed by atoms with Crippen LogP contribution < -0.4 is 10.1 Å². The fourth-order valence-electron chi connectivity index (χ4n) is 3.07. The number of hydrogen-bond donors (Lipinski definition) is 1. The van der Waals surface area contributed by atoms with Gasteiger partial charge in [-0.2, -0.15) is 0 Å². The predicted octanol–water partition coefficient (Wildman–Crippen LogP) is 4.88. The fourth-order valence-corrected chi connectivity index (χ4v) is 3.07. The second kappa shape index (κ2) is 8.65. The Morgan fingerprint density at radius 1 is 1.21 bits per heavy atom. The number of ether oxygens (including phenoxy) is 1. The highest BCUT2D eigenvalue weighted by Gasteiger charge is 2.45. The quantitative estimate of drug-likeness (QED) is 0.528. The molecule has 1 heterocycles. The molecule has 2 aromatic rings. The number of benzene rings is 1. The van der Waals surface area contributed by atoms with Crippen LogP contribution in [0.25, 0.3) is 11.1 Å². The Labute approximate surface area is 165 Å². The first-order valence-corrected chi connectivity index (χ1v) is 9.35. The van der Waals surface area contributed by atoms with E-state index < -0.39 is 0 Å². The highest BCUT2D eigenvalue weighted by molar-refractivity contribution is 5.95. The van der Waals surface area contributed by atoms with Gasteiger partial charge in [0.1, 0.15) is 0 Å². The zero-order valence-electron chi connectivity index (χ0n) is 16.3. The van der Waals surface area contributed by atoms with Gasteiger partial charge in [0.15, 0.2) is 0 Å². The molecule has 1 fully saturated rings. The van der Waals surface area contributed by atoms with Crippen molar-refractivity contribution in [2.45, 2.75) is 26.4 Å². The van der Waals surface area contributed by atoms with Gasteiger partial charge >= 0.3 is 0 Å². The molecule has 3 rings (SSSR count). The maximum atomic E-state index is 12.4. The molecule has 1 N–H and O–H groups in total. The van der Waals surface area contributed by atoms with Crippen molar-refractivity contribution < 1.29 is 9.53 Å². The smallest absolute Gasteiger partial charge is 0.228 e. The molecule has 2 unspecified atom stereocenters. The number of anilines is 1. The molecule has 144 valence electrons. The standard InChI is InChI=1S/C23H25N3O2/c1-5-6-21(24-4)19-13-20(19)23(27)26-18-10-7-16(8-11-18)17-9-12-22(25-14-17)28-15(2)3/h5-12,14-15,19-20H,1,4,13H2,2-3H3,(H,26,27)/b21-6-. The van der Waals surface area contributed by atoms with Gasteiger partial charge in [0.2, 0.25) is 11.8 Å². The first-order chi connectivity index (χ1) is 13.5. The van der Waals surface area contributed by atoms with E-state index in [-0.39, 0.29) is 23.8 Å². The molecule has 1 aliphatic rings. The van der Waals surface area contributed by atoms with Crippen molar-refractivity contribution in [1.82, 2.24) is 4.98 Å². The van der Waals surface area contributed by atoms with E-state index >= 15 is 0 Å². The number of aromatic nitrogens is 1. The van der Waals surface area contributed by atoms with Crippen molar-refractivity contribution in [2.75, 3.05) is 5.32 Å². The van der Waals surface area contributed by atoms with Gasteiger partial charge in [0, 0.05) is 41.0 Å². The summed E-state index contributed by atoms with van der Waals surface area (Å²) < 4.78 is 5.57. The maximum Gasteiger partial charge on any atom is 0.228 e. The summed E-state index contributed by atoms with van der Waals surface area (Å²) in [6.45, 7) is 11.2. The second-order valence-electron chi connectivity index (χ2n) is 7.05. The summed E-state index contributed by atoms with van der Waals surface area (Å²) >= 11 is 0. The monoisotopic (exact) mass is 375 g/mol. The minimum Gasteiger partial charge on any atom is -0.475 e. The Kier molecular flexibility index (Phi) is 6.04. The van der Waals surface area contributed by atoms with E-state index in [0.29, 0.717) is 5.88 Å². The molecule has 1 aromatic heterocycles. The number of aliphatic imine (C=N–C) groups is 1. The van der Waals surface area contributed by atoms with Crippen LogP contribution in [0.1, 0.15) is 20.3 Å². The van der Waals surface area contributed by atoms with E-state index in [4.69, 9.17) is 4.74 Å². The number of allylic oxidation sites excluding steroid dienone is 3. The van der Waals surface area contributed by atoms with Crippen LogP contribution in [-0.2, 0) is 4.79 Å². The highest BCUT2D eigenvalue weighted by Crippen LogP contribution is 2.45. The van der Waals surface area contributed by atoms with Crippen LogP contribution in [0.5, 0.6) is 5.88 Å². The average molecular weight is 375 g/mol. The van der Waals surface area contributed by atoms with Gasteiger partial charge in [-0.15, -0.1) is 0 Å². The van der Waals surface area contributed by atoms with Crippen LogP contribution in [0.4, 0.5) is 5.69 Å². The first kappa shape index (κ1) is 19.5. The van der Waals surface area contributed by atoms with Gasteiger partial charge in [-0.3, -0.25) is 9.79 Å². The van der Waals surface area contributed by atoms with Crippen molar-refractivity contribution in [3.8, 4) is 17.0 Å². The van der Waals surface area contributed by atoms with Gasteiger partial charge in [-0.05, 0) is 56.8 Å². The van der Waals surface area contributed by atoms with Crippen molar-refractivity contribution >= 4 is 18.3 Å². The Morgan fingerprint density at radius 2 is 1.93 bits per heavy atom. The third kappa shape index (κ3) is 4.74. The molecular formula is C23H25N3O2. The van der Waals surface area contributed by atoms with E-state index in [1.165, 1.54) is 0 Å². The molecule has 0 bridgehead atoms. The van der Waals surface area contributed by atoms with E-state index in [0.717, 1.165) is 28.9 Å². The van der Waals surface area contributed by atoms with Crippen LogP contribution in [0.3, 0.4) is 0 Å². The second-order valence-corrected chi connectivity index (χ2v) is 7.05. The Bertz CT molecular complexity index is 883. The summed E-state index contributed by atoms with van der Waals surface area (Å²) in [4.78, 5) is 20.8. The molecule has 5 heteroatoms. The lowest BCUT2D eigenvalue weighted by atomic mass is 10.1. The van der Waals surface area contributed by atoms with E-state index in [1.807, 2.05) is 56.3 Å². The third-order valence-electron chi connectivity index (χ3n) is 4.56. The van der Waals surface area contributed by atoms with Gasteiger partial charge in [-0.1, -0.05) is 24.8 Å². The molecule has 1 amide bonds. The summed E-state index contributed by atoms with van der Waals surface area (Å²) in [5.74, 6) is 0.690. The minimum atomic E-state index is -0.0610. The summed E-state index contributed by atoms with van der Waals surface area (Å²) in [6, 6.07) is 11.6. The number of pyridine rings is 1. The lowest BCUT2D eigenvalue weighted by Gasteiger charge is -2.09. The molecule has 0 aliphatic heterocycles. The highest BCUT2D eigenvalue weighted by atomic mass is 16.5. The van der Waals surface area contributed by atoms with Crippen LogP contribution in [0.15, 0.2) is 72.0 Å². The molecule has 0 saturated heterocycles. The van der Waals surface area contributed by atoms with Crippen molar-refractivity contribution in [1.29, 1.82) is 0 Å². The third-order valence-corrected chi connectivity index (χ3v) is 4.56. The molecule has 0 spiro atoms. The SMILES string of the molecule is C=C/C=C(\N=C)C1CC1C(=O)Nc1ccc(-c2ccc(OC(C)C)nc2)cc1. The summed E-state index contributed by atoms with van der Waals surface area (Å²) in [6.07, 6.45) is 6.16. The van der Waals surface area contributed by atoms with Crippen LogP contribution >= 0.6 is 0 Å². The van der Waals surface area contributed by atoms with Crippen molar-refractivity contribution in [3.05, 3.63) is 67.0 Å². The first-order valence-electron chi connectivity index (χ1n) is 9.35. The van der Waals surface area contributed by atoms with Gasteiger partial charge in [0.05, 0.1) is 6.10 Å². The number of carbonyl (C=O) groups excluding carboxylic acids is 1. The van der Waals surface area contributed by atoms with Crippen molar-refractivity contribution in [2.24, 2.45) is 16.8 Å². The van der Waals surface area contributed by atoms with E-state index in [2.05, 4.69) is 28.6 Å². The minimum absolute atomic E-state index is 0.00761. The maximum absolute atomic E-state index is 12.4. The number of amides is 1. The average Bonchev–Trinajstić information content (AvgIpc) is 3.48. The van der Waals surface area contributed by atoms with Crippen LogP contribution in [-0.4, -0.2) is 23.7 Å². The summed E-state index contributed by atoms with van der Waals surface area (Å²) in [7, 11) is 0. The number of carbonyl (C=O) groups is 1. The number of nitrogens with zero attached hydrogens (tertiary/aromatic N) is 2. The van der Waals surface area contributed by atoms with Gasteiger partial charge in [0.25, 0.3) is 0 Å². The Hall–Kier alpha value is -3.21. The van der Waals surface area contributed by atoms with Gasteiger partial charge < -0.3 is 10.1 Å². The van der Waals surface area contributed by atoms with Crippen LogP contribution in [0, 0.1) is 11.8 Å². The molecule has 28 heavy (non-hydrogen) atoms. The summed E-state index contributed by atoms with van der Waals surface area (Å²) in [5.41, 5.74) is 3.61. The predicted molar refractivity (Wildman–Crippen MR) is 113 cm³/mol. The lowest BCUT2D eigenvalue weighted by molar-refractivity contribution is -0.117. The van der Waals surface area contributed by atoms with E-state index in [1.54, 1.807) is 12.3 Å². The van der Waals surface area contributed by atoms with Crippen molar-refractivity contribution in [3.63, 3.8) is 0 Å². The van der Waals surface area contributed by atoms with Crippen LogP contribution in [0.2, 0.25) is 0 Å². The molecule has 5 nitrogen and oxygen atoms in total. The van der Waals surface area contributed by atoms with E-state index in [9.17, 15) is 4.79 Å². The largest absolute Gasteiger partial charge is 0.475 e. The molecule has 0 radical (unpaired) electrons. The number of rotatable bonds is 8. The normalized spacial score (nSPS) is 18.5. The number of hydrogen-bond acceptors (Lipinski definition) is 4. The topological polar surface area (TPSA) is 63.6 Å². The molecule has 2 atom stereocenters. The molecule has 1 aromatic carbocycles. The zero-order chi connectivity index (χ0) is 20.1. The Morgan fingerprint density at radius 3 is 2.50 bits per heavy atom. The Balaban J connectivity index is 1.60.